The maximum atomic E-state index is 11.6. The Kier molecular flexibility index (Phi) is 3.67. The van der Waals surface area contributed by atoms with Crippen LogP contribution in [0.25, 0.3) is 0 Å². The molecule has 19 heavy (non-hydrogen) atoms. The average molecular weight is 256 g/mol. The highest BCUT2D eigenvalue weighted by molar-refractivity contribution is 5.78. The third-order valence-electron chi connectivity index (χ3n) is 3.30. The maximum absolute atomic E-state index is 11.6. The molecule has 0 saturated carbocycles. The second-order valence-electron chi connectivity index (χ2n) is 4.70. The summed E-state index contributed by atoms with van der Waals surface area (Å²) >= 11 is 0. The first kappa shape index (κ1) is 13.3. The van der Waals surface area contributed by atoms with Crippen LogP contribution < -0.4 is 0 Å². The van der Waals surface area contributed by atoms with E-state index in [1.54, 1.807) is 48.5 Å². The van der Waals surface area contributed by atoms with Gasteiger partial charge in [0, 0.05) is 0 Å². The molecule has 3 nitrogen and oxygen atoms in total. The van der Waals surface area contributed by atoms with Gasteiger partial charge in [0.2, 0.25) is 0 Å². The van der Waals surface area contributed by atoms with E-state index in [2.05, 4.69) is 0 Å². The second kappa shape index (κ2) is 5.24. The molecule has 2 aromatic rings. The van der Waals surface area contributed by atoms with Crippen molar-refractivity contribution < 1.29 is 15.0 Å². The SMILES string of the molecule is C[C@@](O)(c1ccccc1)[C@H](C(=O)O)c1ccccc1. The molecule has 2 N–H and O–H groups in total. The monoisotopic (exact) mass is 256 g/mol. The van der Waals surface area contributed by atoms with E-state index in [-0.39, 0.29) is 0 Å². The molecule has 98 valence electrons. The molecule has 0 bridgehead atoms. The minimum Gasteiger partial charge on any atom is -0.481 e. The number of carboxylic acid groups (broad SMARTS) is 1. The van der Waals surface area contributed by atoms with Crippen molar-refractivity contribution >= 4 is 5.97 Å². The summed E-state index contributed by atoms with van der Waals surface area (Å²) in [6.07, 6.45) is 0. The summed E-state index contributed by atoms with van der Waals surface area (Å²) in [6, 6.07) is 17.7. The van der Waals surface area contributed by atoms with Crippen LogP contribution in [0.5, 0.6) is 0 Å². The fraction of sp³-hybridized carbons (Fsp3) is 0.188. The molecule has 0 spiro atoms. The lowest BCUT2D eigenvalue weighted by atomic mass is 9.78. The summed E-state index contributed by atoms with van der Waals surface area (Å²) < 4.78 is 0. The highest BCUT2D eigenvalue weighted by atomic mass is 16.4. The molecule has 0 heterocycles. The predicted octanol–water partition coefficient (Wildman–Crippen LogP) is 2.76. The van der Waals surface area contributed by atoms with E-state index >= 15 is 0 Å². The predicted molar refractivity (Wildman–Crippen MR) is 72.8 cm³/mol. The molecular formula is C16H16O3. The van der Waals surface area contributed by atoms with E-state index in [1.807, 2.05) is 12.1 Å². The fourth-order valence-corrected chi connectivity index (χ4v) is 2.30. The molecule has 3 heteroatoms. The van der Waals surface area contributed by atoms with Crippen LogP contribution in [-0.4, -0.2) is 16.2 Å². The van der Waals surface area contributed by atoms with Gasteiger partial charge < -0.3 is 10.2 Å². The molecule has 0 aromatic heterocycles. The first-order chi connectivity index (χ1) is 9.03. The summed E-state index contributed by atoms with van der Waals surface area (Å²) in [5.74, 6) is -2.05. The Labute approximate surface area is 112 Å². The normalized spacial score (nSPS) is 15.5. The quantitative estimate of drug-likeness (QED) is 0.884. The van der Waals surface area contributed by atoms with Crippen LogP contribution in [0.4, 0.5) is 0 Å². The van der Waals surface area contributed by atoms with Crippen LogP contribution in [-0.2, 0) is 10.4 Å². The lowest BCUT2D eigenvalue weighted by molar-refractivity contribution is -0.145. The molecule has 0 unspecified atom stereocenters. The number of carboxylic acids is 1. The van der Waals surface area contributed by atoms with Crippen molar-refractivity contribution in [2.45, 2.75) is 18.4 Å². The van der Waals surface area contributed by atoms with Gasteiger partial charge in [0.25, 0.3) is 0 Å². The topological polar surface area (TPSA) is 57.5 Å². The van der Waals surface area contributed by atoms with Gasteiger partial charge in [-0.15, -0.1) is 0 Å². The van der Waals surface area contributed by atoms with Crippen LogP contribution in [0.15, 0.2) is 60.7 Å². The molecule has 0 aliphatic rings. The molecule has 0 amide bonds. The number of benzene rings is 2. The van der Waals surface area contributed by atoms with Gasteiger partial charge in [-0.1, -0.05) is 60.7 Å². The van der Waals surface area contributed by atoms with Crippen molar-refractivity contribution in [3.8, 4) is 0 Å². The van der Waals surface area contributed by atoms with Crippen molar-refractivity contribution in [3.63, 3.8) is 0 Å². The zero-order chi connectivity index (χ0) is 13.9. The van der Waals surface area contributed by atoms with Crippen LogP contribution in [0.2, 0.25) is 0 Å². The highest BCUT2D eigenvalue weighted by Crippen LogP contribution is 2.36. The largest absolute Gasteiger partial charge is 0.481 e. The summed E-state index contributed by atoms with van der Waals surface area (Å²) in [5, 5.41) is 20.2. The second-order valence-corrected chi connectivity index (χ2v) is 4.70. The summed E-state index contributed by atoms with van der Waals surface area (Å²) in [6.45, 7) is 1.54. The Bertz CT molecular complexity index is 547. The molecule has 2 atom stereocenters. The Morgan fingerprint density at radius 3 is 1.95 bits per heavy atom. The summed E-state index contributed by atoms with van der Waals surface area (Å²) in [7, 11) is 0. The van der Waals surface area contributed by atoms with E-state index in [1.165, 1.54) is 6.92 Å². The fourth-order valence-electron chi connectivity index (χ4n) is 2.30. The van der Waals surface area contributed by atoms with E-state index in [0.717, 1.165) is 0 Å². The molecule has 0 radical (unpaired) electrons. The van der Waals surface area contributed by atoms with Crippen molar-refractivity contribution in [1.29, 1.82) is 0 Å². The number of aliphatic hydroxyl groups is 1. The summed E-state index contributed by atoms with van der Waals surface area (Å²) in [5.41, 5.74) is -0.288. The Hall–Kier alpha value is -2.13. The molecule has 0 aliphatic carbocycles. The molecule has 0 saturated heterocycles. The van der Waals surface area contributed by atoms with Crippen LogP contribution in [0.1, 0.15) is 24.0 Å². The first-order valence-electron chi connectivity index (χ1n) is 6.09. The Balaban J connectivity index is 2.48. The van der Waals surface area contributed by atoms with Gasteiger partial charge in [0.05, 0.1) is 0 Å². The smallest absolute Gasteiger partial charge is 0.314 e. The zero-order valence-corrected chi connectivity index (χ0v) is 10.7. The maximum Gasteiger partial charge on any atom is 0.314 e. The number of hydrogen-bond acceptors (Lipinski definition) is 2. The number of rotatable bonds is 4. The number of hydrogen-bond donors (Lipinski definition) is 2. The van der Waals surface area contributed by atoms with Crippen molar-refractivity contribution in [2.75, 3.05) is 0 Å². The lowest BCUT2D eigenvalue weighted by Crippen LogP contribution is -2.35. The Morgan fingerprint density at radius 1 is 1.00 bits per heavy atom. The molecular weight excluding hydrogens is 240 g/mol. The third-order valence-corrected chi connectivity index (χ3v) is 3.30. The number of aliphatic carboxylic acids is 1. The van der Waals surface area contributed by atoms with E-state index in [9.17, 15) is 15.0 Å². The van der Waals surface area contributed by atoms with Crippen LogP contribution in [0, 0.1) is 0 Å². The standard InChI is InChI=1S/C16H16O3/c1-16(19,13-10-6-3-7-11-13)14(15(17)18)12-8-4-2-5-9-12/h2-11,14,19H,1H3,(H,17,18)/t14-,16+/m0/s1. The van der Waals surface area contributed by atoms with Crippen molar-refractivity contribution in [2.24, 2.45) is 0 Å². The highest BCUT2D eigenvalue weighted by Gasteiger charge is 2.40. The first-order valence-corrected chi connectivity index (χ1v) is 6.09. The van der Waals surface area contributed by atoms with Crippen LogP contribution >= 0.6 is 0 Å². The molecule has 0 fully saturated rings. The Morgan fingerprint density at radius 2 is 1.47 bits per heavy atom. The number of carbonyl (C=O) groups is 1. The van der Waals surface area contributed by atoms with Gasteiger partial charge in [-0.2, -0.15) is 0 Å². The average Bonchev–Trinajstić information content (AvgIpc) is 2.40. The molecule has 2 rings (SSSR count). The third kappa shape index (κ3) is 2.66. The van der Waals surface area contributed by atoms with Gasteiger partial charge in [0.1, 0.15) is 11.5 Å². The van der Waals surface area contributed by atoms with Gasteiger partial charge >= 0.3 is 5.97 Å². The van der Waals surface area contributed by atoms with Crippen molar-refractivity contribution in [3.05, 3.63) is 71.8 Å². The molecule has 2 aromatic carbocycles. The van der Waals surface area contributed by atoms with E-state index in [4.69, 9.17) is 0 Å². The molecule has 0 aliphatic heterocycles. The van der Waals surface area contributed by atoms with Crippen LogP contribution in [0.3, 0.4) is 0 Å². The summed E-state index contributed by atoms with van der Waals surface area (Å²) in [4.78, 5) is 11.6. The van der Waals surface area contributed by atoms with Gasteiger partial charge in [-0.05, 0) is 18.1 Å². The van der Waals surface area contributed by atoms with Gasteiger partial charge in [0.15, 0.2) is 0 Å². The minimum absolute atomic E-state index is 0.587. The van der Waals surface area contributed by atoms with E-state index in [0.29, 0.717) is 11.1 Å². The minimum atomic E-state index is -1.46. The lowest BCUT2D eigenvalue weighted by Gasteiger charge is -2.30. The van der Waals surface area contributed by atoms with E-state index < -0.39 is 17.5 Å². The van der Waals surface area contributed by atoms with Crippen molar-refractivity contribution in [1.82, 2.24) is 0 Å². The van der Waals surface area contributed by atoms with Gasteiger partial charge in [-0.25, -0.2) is 0 Å². The zero-order valence-electron chi connectivity index (χ0n) is 10.7. The van der Waals surface area contributed by atoms with Gasteiger partial charge in [-0.3, -0.25) is 4.79 Å².